The number of hydrogen-bond donors (Lipinski definition) is 1. The summed E-state index contributed by atoms with van der Waals surface area (Å²) in [6.07, 6.45) is 1.20. The number of fused-ring (bicyclic) bond motifs is 3. The van der Waals surface area contributed by atoms with Gasteiger partial charge in [-0.15, -0.1) is 0 Å². The Morgan fingerprint density at radius 1 is 0.971 bits per heavy atom. The number of hydrogen-bond acceptors (Lipinski definition) is 6. The van der Waals surface area contributed by atoms with Crippen LogP contribution in [0.25, 0.3) is 5.70 Å². The largest absolute Gasteiger partial charge is 0.497 e. The molecule has 0 fully saturated rings. The molecule has 2 aliphatic rings. The molecule has 0 radical (unpaired) electrons. The Morgan fingerprint density at radius 2 is 1.85 bits per heavy atom. The van der Waals surface area contributed by atoms with Gasteiger partial charge >= 0.3 is 0 Å². The molecule has 0 unspecified atom stereocenters. The first-order valence-electron chi connectivity index (χ1n) is 10.8. The molecule has 0 spiro atoms. The van der Waals surface area contributed by atoms with Crippen molar-refractivity contribution in [1.82, 2.24) is 14.8 Å². The molecule has 0 bridgehead atoms. The summed E-state index contributed by atoms with van der Waals surface area (Å²) in [4.78, 5) is 4.48. The zero-order chi connectivity index (χ0) is 23.2. The van der Waals surface area contributed by atoms with E-state index in [0.717, 1.165) is 49.7 Å². The molecule has 1 N–H and O–H groups in total. The minimum Gasteiger partial charge on any atom is -0.497 e. The molecule has 4 aromatic rings. The van der Waals surface area contributed by atoms with Gasteiger partial charge in [0.05, 0.1) is 24.4 Å². The Morgan fingerprint density at radius 3 is 2.68 bits per heavy atom. The number of nitrogens with zero attached hydrogens (tertiary/aromatic N) is 3. The minimum atomic E-state index is -0.367. The fourth-order valence-corrected chi connectivity index (χ4v) is 5.23. The van der Waals surface area contributed by atoms with Crippen molar-refractivity contribution in [3.8, 4) is 17.2 Å². The van der Waals surface area contributed by atoms with Gasteiger partial charge in [0.15, 0.2) is 0 Å². The number of para-hydroxylation sites is 1. The molecule has 7 nitrogen and oxygen atoms in total. The first kappa shape index (κ1) is 20.8. The van der Waals surface area contributed by atoms with E-state index in [4.69, 9.17) is 14.2 Å². The van der Waals surface area contributed by atoms with Crippen LogP contribution < -0.4 is 19.5 Å². The number of anilines is 1. The first-order valence-corrected chi connectivity index (χ1v) is 11.6. The van der Waals surface area contributed by atoms with E-state index in [-0.39, 0.29) is 12.1 Å². The van der Waals surface area contributed by atoms with Gasteiger partial charge in [0.25, 0.3) is 0 Å². The highest BCUT2D eigenvalue weighted by molar-refractivity contribution is 9.10. The summed E-state index contributed by atoms with van der Waals surface area (Å²) in [6.45, 7) is 0. The van der Waals surface area contributed by atoms with Crippen molar-refractivity contribution in [2.75, 3.05) is 19.5 Å². The van der Waals surface area contributed by atoms with Crippen LogP contribution in [0.4, 0.5) is 5.95 Å². The Hall–Kier alpha value is -3.78. The van der Waals surface area contributed by atoms with Crippen molar-refractivity contribution in [3.63, 3.8) is 0 Å². The number of rotatable bonds is 4. The van der Waals surface area contributed by atoms with E-state index in [0.29, 0.717) is 5.95 Å². The normalized spacial score (nSPS) is 18.2. The molecular weight excluding hydrogens is 496 g/mol. The SMILES string of the molecule is COc1cccc([C@H]2C3=C(Nc4ncnn42)c2ccccc2O[C@@H]3c2ccc(OC)c(Br)c2)c1. The van der Waals surface area contributed by atoms with Crippen LogP contribution in [0.15, 0.2) is 83.1 Å². The third-order valence-electron chi connectivity index (χ3n) is 6.21. The van der Waals surface area contributed by atoms with Crippen LogP contribution in [-0.4, -0.2) is 29.0 Å². The number of nitrogens with one attached hydrogen (secondary N) is 1. The lowest BCUT2D eigenvalue weighted by atomic mass is 9.84. The predicted molar refractivity (Wildman–Crippen MR) is 132 cm³/mol. The number of halogens is 1. The van der Waals surface area contributed by atoms with Gasteiger partial charge < -0.3 is 19.5 Å². The van der Waals surface area contributed by atoms with Gasteiger partial charge in [-0.3, -0.25) is 0 Å². The van der Waals surface area contributed by atoms with Crippen molar-refractivity contribution in [2.45, 2.75) is 12.1 Å². The van der Waals surface area contributed by atoms with E-state index in [2.05, 4.69) is 43.5 Å². The summed E-state index contributed by atoms with van der Waals surface area (Å²) in [5.41, 5.74) is 5.03. The van der Waals surface area contributed by atoms with Crippen LogP contribution in [-0.2, 0) is 0 Å². The number of ether oxygens (including phenoxy) is 3. The van der Waals surface area contributed by atoms with Gasteiger partial charge in [-0.1, -0.05) is 30.3 Å². The van der Waals surface area contributed by atoms with Gasteiger partial charge in [-0.05, 0) is 63.5 Å². The van der Waals surface area contributed by atoms with Crippen LogP contribution in [0.1, 0.15) is 28.8 Å². The van der Waals surface area contributed by atoms with Crippen LogP contribution in [0.5, 0.6) is 17.2 Å². The fraction of sp³-hybridized carbons (Fsp3) is 0.154. The second-order valence-electron chi connectivity index (χ2n) is 8.05. The highest BCUT2D eigenvalue weighted by Gasteiger charge is 2.41. The molecular formula is C26H21BrN4O3. The van der Waals surface area contributed by atoms with Crippen molar-refractivity contribution in [2.24, 2.45) is 0 Å². The number of benzene rings is 3. The van der Waals surface area contributed by atoms with E-state index in [1.165, 1.54) is 0 Å². The van der Waals surface area contributed by atoms with Crippen molar-refractivity contribution in [3.05, 3.63) is 99.8 Å². The Balaban J connectivity index is 1.61. The average molecular weight is 517 g/mol. The highest BCUT2D eigenvalue weighted by atomic mass is 79.9. The maximum absolute atomic E-state index is 6.66. The quantitative estimate of drug-likeness (QED) is 0.379. The molecule has 3 heterocycles. The maximum atomic E-state index is 6.66. The van der Waals surface area contributed by atoms with Gasteiger partial charge in [-0.2, -0.15) is 10.1 Å². The topological polar surface area (TPSA) is 70.4 Å². The molecule has 0 amide bonds. The lowest BCUT2D eigenvalue weighted by molar-refractivity contribution is 0.223. The monoisotopic (exact) mass is 516 g/mol. The van der Waals surface area contributed by atoms with Crippen LogP contribution in [0, 0.1) is 0 Å². The van der Waals surface area contributed by atoms with Gasteiger partial charge in [0.2, 0.25) is 5.95 Å². The van der Waals surface area contributed by atoms with Crippen LogP contribution >= 0.6 is 15.9 Å². The summed E-state index contributed by atoms with van der Waals surface area (Å²) < 4.78 is 20.4. The Kier molecular flexibility index (Phi) is 5.03. The third kappa shape index (κ3) is 3.25. The fourth-order valence-electron chi connectivity index (χ4n) is 4.67. The molecule has 1 aromatic heterocycles. The van der Waals surface area contributed by atoms with E-state index in [1.54, 1.807) is 20.5 Å². The molecule has 34 heavy (non-hydrogen) atoms. The van der Waals surface area contributed by atoms with Crippen molar-refractivity contribution >= 4 is 27.6 Å². The van der Waals surface area contributed by atoms with Crippen LogP contribution in [0.2, 0.25) is 0 Å². The van der Waals surface area contributed by atoms with Crippen LogP contribution in [0.3, 0.4) is 0 Å². The first-order chi connectivity index (χ1) is 16.7. The lowest BCUT2D eigenvalue weighted by Gasteiger charge is -2.39. The maximum Gasteiger partial charge on any atom is 0.226 e. The molecule has 0 saturated heterocycles. The number of aromatic nitrogens is 3. The zero-order valence-corrected chi connectivity index (χ0v) is 20.1. The Bertz CT molecular complexity index is 1430. The molecule has 0 aliphatic carbocycles. The van der Waals surface area contributed by atoms with E-state index < -0.39 is 0 Å². The molecule has 3 aromatic carbocycles. The van der Waals surface area contributed by atoms with E-state index >= 15 is 0 Å². The predicted octanol–water partition coefficient (Wildman–Crippen LogP) is 5.62. The molecule has 6 rings (SSSR count). The minimum absolute atomic E-state index is 0.247. The summed E-state index contributed by atoms with van der Waals surface area (Å²) >= 11 is 3.64. The van der Waals surface area contributed by atoms with Gasteiger partial charge in [-0.25, -0.2) is 4.68 Å². The third-order valence-corrected chi connectivity index (χ3v) is 6.83. The second-order valence-corrected chi connectivity index (χ2v) is 8.91. The van der Waals surface area contributed by atoms with Crippen molar-refractivity contribution < 1.29 is 14.2 Å². The molecule has 170 valence electrons. The zero-order valence-electron chi connectivity index (χ0n) is 18.5. The summed E-state index contributed by atoms with van der Waals surface area (Å²) in [5, 5.41) is 8.10. The molecule has 0 saturated carbocycles. The molecule has 8 heteroatoms. The Labute approximate surface area is 205 Å². The summed E-state index contributed by atoms with van der Waals surface area (Å²) in [6, 6.07) is 21.9. The van der Waals surface area contributed by atoms with E-state index in [9.17, 15) is 0 Å². The average Bonchev–Trinajstić information content (AvgIpc) is 3.35. The standard InChI is InChI=1S/C26H21BrN4O3/c1-32-17-7-5-6-15(12-17)24-22-23(30-26-28-14-29-31(24)26)18-8-3-4-9-20(18)34-25(22)16-10-11-21(33-2)19(27)13-16/h3-14,24-25H,1-2H3,(H,28,29,30)/t24-,25+/m0/s1. The van der Waals surface area contributed by atoms with Gasteiger partial charge in [0.1, 0.15) is 35.7 Å². The number of methoxy groups -OCH3 is 2. The van der Waals surface area contributed by atoms with E-state index in [1.807, 2.05) is 59.3 Å². The summed E-state index contributed by atoms with van der Waals surface area (Å²) in [7, 11) is 3.33. The van der Waals surface area contributed by atoms with Crippen molar-refractivity contribution in [1.29, 1.82) is 0 Å². The smallest absolute Gasteiger partial charge is 0.226 e. The van der Waals surface area contributed by atoms with Gasteiger partial charge in [0, 0.05) is 11.1 Å². The molecule has 2 aliphatic heterocycles. The molecule has 2 atom stereocenters. The lowest BCUT2D eigenvalue weighted by Crippen LogP contribution is -2.32. The summed E-state index contributed by atoms with van der Waals surface area (Å²) in [5.74, 6) is 3.03. The highest BCUT2D eigenvalue weighted by Crippen LogP contribution is 2.51. The second kappa shape index (κ2) is 8.22.